The molecule has 0 heterocycles. The summed E-state index contributed by atoms with van der Waals surface area (Å²) in [5.74, 6) is 5.93. The van der Waals surface area contributed by atoms with Gasteiger partial charge in [0.25, 0.3) is 0 Å². The van der Waals surface area contributed by atoms with Crippen molar-refractivity contribution in [1.29, 1.82) is 0 Å². The third-order valence-corrected chi connectivity index (χ3v) is 2.57. The molecule has 0 saturated carbocycles. The molecule has 0 aliphatic carbocycles. The van der Waals surface area contributed by atoms with Gasteiger partial charge in [-0.3, -0.25) is 0 Å². The summed E-state index contributed by atoms with van der Waals surface area (Å²) < 4.78 is 0. The average Bonchev–Trinajstić information content (AvgIpc) is 2.30. The zero-order chi connectivity index (χ0) is 12.1. The summed E-state index contributed by atoms with van der Waals surface area (Å²) in [5, 5.41) is 9.43. The van der Waals surface area contributed by atoms with Crippen LogP contribution < -0.4 is 0 Å². The average molecular weight is 222 g/mol. The summed E-state index contributed by atoms with van der Waals surface area (Å²) in [6.07, 6.45) is 11.6. The highest BCUT2D eigenvalue weighted by atomic mass is 16.3. The van der Waals surface area contributed by atoms with Crippen molar-refractivity contribution in [2.45, 2.75) is 70.8 Å². The summed E-state index contributed by atoms with van der Waals surface area (Å²) in [7, 11) is 0. The largest absolute Gasteiger partial charge is 0.380 e. The van der Waals surface area contributed by atoms with Gasteiger partial charge in [-0.1, -0.05) is 51.0 Å². The predicted octanol–water partition coefficient (Wildman–Crippen LogP) is 4.07. The fourth-order valence-corrected chi connectivity index (χ4v) is 1.53. The zero-order valence-corrected chi connectivity index (χ0v) is 10.7. The molecule has 0 aliphatic heterocycles. The summed E-state index contributed by atoms with van der Waals surface area (Å²) in [4.78, 5) is 0. The number of hydrogen-bond acceptors (Lipinski definition) is 1. The Labute approximate surface area is 101 Å². The maximum atomic E-state index is 9.43. The molecule has 16 heavy (non-hydrogen) atoms. The maximum absolute atomic E-state index is 9.43. The molecule has 0 spiro atoms. The second kappa shape index (κ2) is 12.3. The van der Waals surface area contributed by atoms with E-state index in [0.29, 0.717) is 6.42 Å². The third-order valence-electron chi connectivity index (χ3n) is 2.57. The number of hydrogen-bond donors (Lipinski definition) is 1. The molecule has 1 heteroatoms. The molecule has 0 fully saturated rings. The number of allylic oxidation sites excluding steroid dienone is 1. The van der Waals surface area contributed by atoms with E-state index in [1.807, 2.05) is 6.08 Å². The molecule has 1 N–H and O–H groups in total. The molecule has 0 bridgehead atoms. The number of aliphatic hydroxyl groups is 1. The van der Waals surface area contributed by atoms with Crippen LogP contribution in [-0.4, -0.2) is 11.2 Å². The molecule has 0 saturated heterocycles. The van der Waals surface area contributed by atoms with Crippen molar-refractivity contribution < 1.29 is 5.11 Å². The van der Waals surface area contributed by atoms with Gasteiger partial charge in [0.15, 0.2) is 0 Å². The van der Waals surface area contributed by atoms with E-state index in [-0.39, 0.29) is 0 Å². The van der Waals surface area contributed by atoms with E-state index in [9.17, 15) is 5.11 Å². The van der Waals surface area contributed by atoms with Crippen LogP contribution in [0.15, 0.2) is 12.7 Å². The van der Waals surface area contributed by atoms with Crippen molar-refractivity contribution in [3.05, 3.63) is 12.7 Å². The van der Waals surface area contributed by atoms with E-state index < -0.39 is 6.10 Å². The Morgan fingerprint density at radius 3 is 2.56 bits per heavy atom. The summed E-state index contributed by atoms with van der Waals surface area (Å²) >= 11 is 0. The van der Waals surface area contributed by atoms with Crippen LogP contribution >= 0.6 is 0 Å². The molecule has 1 nitrogen and oxygen atoms in total. The highest BCUT2D eigenvalue weighted by molar-refractivity contribution is 5.04. The van der Waals surface area contributed by atoms with Gasteiger partial charge in [0.05, 0.1) is 0 Å². The molecule has 0 aromatic heterocycles. The van der Waals surface area contributed by atoms with Gasteiger partial charge in [0.1, 0.15) is 6.10 Å². The van der Waals surface area contributed by atoms with Crippen LogP contribution in [0.3, 0.4) is 0 Å². The molecular weight excluding hydrogens is 196 g/mol. The first kappa shape index (κ1) is 15.3. The second-order valence-corrected chi connectivity index (χ2v) is 4.22. The minimum Gasteiger partial charge on any atom is -0.380 e. The molecule has 92 valence electrons. The van der Waals surface area contributed by atoms with Crippen molar-refractivity contribution >= 4 is 0 Å². The third kappa shape index (κ3) is 11.3. The van der Waals surface area contributed by atoms with E-state index in [2.05, 4.69) is 25.3 Å². The zero-order valence-electron chi connectivity index (χ0n) is 10.7. The fraction of sp³-hybridized carbons (Fsp3) is 0.733. The van der Waals surface area contributed by atoms with Crippen molar-refractivity contribution in [3.63, 3.8) is 0 Å². The van der Waals surface area contributed by atoms with E-state index >= 15 is 0 Å². The van der Waals surface area contributed by atoms with Gasteiger partial charge in [-0.05, 0) is 19.3 Å². The molecule has 0 aromatic carbocycles. The van der Waals surface area contributed by atoms with Gasteiger partial charge in [-0.25, -0.2) is 0 Å². The van der Waals surface area contributed by atoms with Crippen molar-refractivity contribution in [2.75, 3.05) is 0 Å². The summed E-state index contributed by atoms with van der Waals surface area (Å²) in [5.41, 5.74) is 0. The first-order valence-corrected chi connectivity index (χ1v) is 6.58. The lowest BCUT2D eigenvalue weighted by atomic mass is 10.1. The fourth-order valence-electron chi connectivity index (χ4n) is 1.53. The van der Waals surface area contributed by atoms with Crippen LogP contribution in [0, 0.1) is 11.8 Å². The first-order chi connectivity index (χ1) is 7.81. The van der Waals surface area contributed by atoms with Gasteiger partial charge in [-0.2, -0.15) is 0 Å². The van der Waals surface area contributed by atoms with Gasteiger partial charge in [0.2, 0.25) is 0 Å². The molecular formula is C15H26O. The minimum absolute atomic E-state index is 0.460. The van der Waals surface area contributed by atoms with Crippen molar-refractivity contribution in [1.82, 2.24) is 0 Å². The van der Waals surface area contributed by atoms with Crippen LogP contribution in [0.25, 0.3) is 0 Å². The normalized spacial score (nSPS) is 11.6. The number of unbranched alkanes of at least 4 members (excludes halogenated alkanes) is 6. The van der Waals surface area contributed by atoms with Crippen LogP contribution in [0.5, 0.6) is 0 Å². The Hall–Kier alpha value is -0.740. The second-order valence-electron chi connectivity index (χ2n) is 4.22. The lowest BCUT2D eigenvalue weighted by Gasteiger charge is -1.99. The first-order valence-electron chi connectivity index (χ1n) is 6.58. The van der Waals surface area contributed by atoms with E-state index in [4.69, 9.17) is 0 Å². The van der Waals surface area contributed by atoms with Crippen LogP contribution in [0.1, 0.15) is 64.7 Å². The van der Waals surface area contributed by atoms with Gasteiger partial charge in [0, 0.05) is 6.42 Å². The molecule has 1 atom stereocenters. The van der Waals surface area contributed by atoms with Crippen LogP contribution in [0.2, 0.25) is 0 Å². The minimum atomic E-state index is -0.460. The number of rotatable bonds is 9. The molecule has 0 rings (SSSR count). The Bertz CT molecular complexity index is 209. The molecule has 0 amide bonds. The highest BCUT2D eigenvalue weighted by Crippen LogP contribution is 2.06. The topological polar surface area (TPSA) is 20.2 Å². The molecule has 0 aliphatic rings. The van der Waals surface area contributed by atoms with Crippen molar-refractivity contribution in [2.24, 2.45) is 0 Å². The Balaban J connectivity index is 3.29. The quantitative estimate of drug-likeness (QED) is 0.354. The highest BCUT2D eigenvalue weighted by Gasteiger charge is 1.95. The Kier molecular flexibility index (Phi) is 11.8. The lowest BCUT2D eigenvalue weighted by molar-refractivity contribution is 0.223. The SMILES string of the molecule is C=CCC[C@@H](O)C#CCCCCCCCC. The van der Waals surface area contributed by atoms with Gasteiger partial charge < -0.3 is 5.11 Å². The Morgan fingerprint density at radius 1 is 1.19 bits per heavy atom. The summed E-state index contributed by atoms with van der Waals surface area (Å²) in [6, 6.07) is 0. The molecule has 0 radical (unpaired) electrons. The maximum Gasteiger partial charge on any atom is 0.115 e. The smallest absolute Gasteiger partial charge is 0.115 e. The van der Waals surface area contributed by atoms with Crippen LogP contribution in [-0.2, 0) is 0 Å². The standard InChI is InChI=1S/C15H26O/c1-3-5-7-8-9-10-11-12-14-15(16)13-6-4-2/h4,15-16H,2-3,5-11,13H2,1H3/t15-/m1/s1. The van der Waals surface area contributed by atoms with Crippen LogP contribution in [0.4, 0.5) is 0 Å². The lowest BCUT2D eigenvalue weighted by Crippen LogP contribution is -2.01. The predicted molar refractivity (Wildman–Crippen MR) is 71.2 cm³/mol. The van der Waals surface area contributed by atoms with E-state index in [1.165, 1.54) is 38.5 Å². The van der Waals surface area contributed by atoms with Gasteiger partial charge in [-0.15, -0.1) is 12.5 Å². The van der Waals surface area contributed by atoms with Crippen molar-refractivity contribution in [3.8, 4) is 11.8 Å². The summed E-state index contributed by atoms with van der Waals surface area (Å²) in [6.45, 7) is 5.85. The molecule has 0 aromatic rings. The van der Waals surface area contributed by atoms with E-state index in [0.717, 1.165) is 12.8 Å². The van der Waals surface area contributed by atoms with E-state index in [1.54, 1.807) is 0 Å². The number of aliphatic hydroxyl groups excluding tert-OH is 1. The molecule has 0 unspecified atom stereocenters. The van der Waals surface area contributed by atoms with Gasteiger partial charge >= 0.3 is 0 Å². The monoisotopic (exact) mass is 222 g/mol. The Morgan fingerprint density at radius 2 is 1.88 bits per heavy atom.